The molecule has 0 fully saturated rings. The minimum atomic E-state index is -0.211. The van der Waals surface area contributed by atoms with Gasteiger partial charge in [-0.1, -0.05) is 31.2 Å². The lowest BCUT2D eigenvalue weighted by molar-refractivity contribution is 0.336. The Labute approximate surface area is 143 Å². The van der Waals surface area contributed by atoms with E-state index < -0.39 is 0 Å². The summed E-state index contributed by atoms with van der Waals surface area (Å²) in [6, 6.07) is 14.7. The molecule has 3 N–H and O–H groups in total. The molecule has 0 amide bonds. The Bertz CT molecular complexity index is 667. The van der Waals surface area contributed by atoms with Crippen molar-refractivity contribution in [2.75, 3.05) is 25.5 Å². The Hall–Kier alpha value is -2.40. The molecule has 0 saturated heterocycles. The first-order chi connectivity index (χ1) is 11.6. The molecule has 0 aliphatic carbocycles. The van der Waals surface area contributed by atoms with Crippen molar-refractivity contribution in [2.45, 2.75) is 19.9 Å². The molecule has 0 unspecified atom stereocenters. The fraction of sp³-hybridized carbons (Fsp3) is 0.316. The highest BCUT2D eigenvalue weighted by atomic mass is 19.1. The van der Waals surface area contributed by atoms with Gasteiger partial charge in [0.05, 0.1) is 6.54 Å². The van der Waals surface area contributed by atoms with Crippen LogP contribution in [0.2, 0.25) is 0 Å². The second kappa shape index (κ2) is 9.03. The van der Waals surface area contributed by atoms with Crippen LogP contribution in [-0.2, 0) is 13.0 Å². The van der Waals surface area contributed by atoms with E-state index in [9.17, 15) is 4.39 Å². The van der Waals surface area contributed by atoms with Gasteiger partial charge in [-0.3, -0.25) is 4.99 Å². The van der Waals surface area contributed by atoms with Crippen molar-refractivity contribution < 1.29 is 4.39 Å². The predicted molar refractivity (Wildman–Crippen MR) is 98.7 cm³/mol. The summed E-state index contributed by atoms with van der Waals surface area (Å²) in [6.07, 6.45) is 0.987. The highest BCUT2D eigenvalue weighted by Gasteiger charge is 2.01. The largest absolute Gasteiger partial charge is 0.370 e. The van der Waals surface area contributed by atoms with E-state index in [1.54, 1.807) is 12.1 Å². The Morgan fingerprint density at radius 1 is 1.17 bits per heavy atom. The van der Waals surface area contributed by atoms with Gasteiger partial charge in [-0.25, -0.2) is 4.39 Å². The maximum atomic E-state index is 12.9. The smallest absolute Gasteiger partial charge is 0.193 e. The zero-order valence-corrected chi connectivity index (χ0v) is 14.3. The molecule has 128 valence electrons. The Morgan fingerprint density at radius 3 is 2.62 bits per heavy atom. The van der Waals surface area contributed by atoms with E-state index in [-0.39, 0.29) is 5.82 Å². The van der Waals surface area contributed by atoms with Crippen molar-refractivity contribution in [3.8, 4) is 0 Å². The Morgan fingerprint density at radius 2 is 1.92 bits per heavy atom. The average molecular weight is 328 g/mol. The summed E-state index contributed by atoms with van der Waals surface area (Å²) in [5, 5.41) is 3.11. The lowest BCUT2D eigenvalue weighted by Gasteiger charge is -2.15. The monoisotopic (exact) mass is 328 g/mol. The second-order valence-electron chi connectivity index (χ2n) is 5.81. The number of rotatable bonds is 7. The van der Waals surface area contributed by atoms with E-state index in [0.29, 0.717) is 12.5 Å². The number of nitrogens with zero attached hydrogens (tertiary/aromatic N) is 2. The predicted octanol–water partition coefficient (Wildman–Crippen LogP) is 3.25. The van der Waals surface area contributed by atoms with Crippen LogP contribution in [0.1, 0.15) is 18.1 Å². The summed E-state index contributed by atoms with van der Waals surface area (Å²) in [5.41, 5.74) is 9.22. The number of likely N-dealkylation sites (N-methyl/N-ethyl adjacent to an activating group) is 1. The van der Waals surface area contributed by atoms with Crippen LogP contribution in [0.5, 0.6) is 0 Å². The first-order valence-electron chi connectivity index (χ1n) is 8.15. The molecule has 0 heterocycles. The first kappa shape index (κ1) is 17.9. The van der Waals surface area contributed by atoms with Crippen LogP contribution < -0.4 is 11.1 Å². The summed E-state index contributed by atoms with van der Waals surface area (Å²) >= 11 is 0. The molecule has 2 aromatic rings. The number of anilines is 1. The minimum absolute atomic E-state index is 0.211. The second-order valence-corrected chi connectivity index (χ2v) is 5.81. The minimum Gasteiger partial charge on any atom is -0.370 e. The number of benzene rings is 2. The quantitative estimate of drug-likeness (QED) is 0.606. The fourth-order valence-electron chi connectivity index (χ4n) is 2.38. The summed E-state index contributed by atoms with van der Waals surface area (Å²) in [7, 11) is 2.01. The molecular formula is C19H25FN4. The van der Waals surface area contributed by atoms with Crippen molar-refractivity contribution in [3.63, 3.8) is 0 Å². The average Bonchev–Trinajstić information content (AvgIpc) is 2.57. The standard InChI is InChI=1S/C19H25FN4/c1-3-15-5-4-6-18(13-15)23-19(21)22-11-12-24(2)14-16-7-9-17(20)10-8-16/h4-10,13H,3,11-12,14H2,1-2H3,(H3,21,22,23). The third kappa shape index (κ3) is 6.01. The van der Waals surface area contributed by atoms with E-state index in [2.05, 4.69) is 34.3 Å². The maximum Gasteiger partial charge on any atom is 0.193 e. The van der Waals surface area contributed by atoms with Crippen LogP contribution in [0.15, 0.2) is 53.5 Å². The van der Waals surface area contributed by atoms with Gasteiger partial charge in [0.25, 0.3) is 0 Å². The van der Waals surface area contributed by atoms with Gasteiger partial charge in [0.1, 0.15) is 5.82 Å². The number of aliphatic imine (C=N–C) groups is 1. The molecule has 0 saturated carbocycles. The van der Waals surface area contributed by atoms with Gasteiger partial charge in [-0.15, -0.1) is 0 Å². The number of hydrogen-bond acceptors (Lipinski definition) is 2. The van der Waals surface area contributed by atoms with Gasteiger partial charge >= 0.3 is 0 Å². The van der Waals surface area contributed by atoms with E-state index in [1.165, 1.54) is 17.7 Å². The lowest BCUT2D eigenvalue weighted by Crippen LogP contribution is -2.26. The molecule has 0 bridgehead atoms. The van der Waals surface area contributed by atoms with Gasteiger partial charge in [-0.05, 0) is 48.9 Å². The molecular weight excluding hydrogens is 303 g/mol. The van der Waals surface area contributed by atoms with Crippen LogP contribution in [-0.4, -0.2) is 31.0 Å². The summed E-state index contributed by atoms with van der Waals surface area (Å²) in [6.45, 7) is 4.24. The van der Waals surface area contributed by atoms with E-state index >= 15 is 0 Å². The number of nitrogens with one attached hydrogen (secondary N) is 1. The maximum absolute atomic E-state index is 12.9. The van der Waals surface area contributed by atoms with Gasteiger partial charge in [-0.2, -0.15) is 0 Å². The SMILES string of the molecule is CCc1cccc(NC(N)=NCCN(C)Cc2ccc(F)cc2)c1. The van der Waals surface area contributed by atoms with E-state index in [1.807, 2.05) is 19.2 Å². The molecule has 0 spiro atoms. The van der Waals surface area contributed by atoms with E-state index in [4.69, 9.17) is 5.73 Å². The van der Waals surface area contributed by atoms with Crippen LogP contribution in [0.25, 0.3) is 0 Å². The third-order valence-electron chi connectivity index (χ3n) is 3.74. The topological polar surface area (TPSA) is 53.6 Å². The Balaban J connectivity index is 1.78. The Kier molecular flexibility index (Phi) is 6.75. The first-order valence-corrected chi connectivity index (χ1v) is 8.15. The lowest BCUT2D eigenvalue weighted by atomic mass is 10.1. The molecule has 0 radical (unpaired) electrons. The van der Waals surface area contributed by atoms with Crippen molar-refractivity contribution in [2.24, 2.45) is 10.7 Å². The molecule has 0 aromatic heterocycles. The zero-order chi connectivity index (χ0) is 17.4. The van der Waals surface area contributed by atoms with Gasteiger partial charge in [0, 0.05) is 18.8 Å². The van der Waals surface area contributed by atoms with Crippen molar-refractivity contribution in [1.82, 2.24) is 4.90 Å². The molecule has 0 aliphatic heterocycles. The van der Waals surface area contributed by atoms with Crippen LogP contribution in [0.4, 0.5) is 10.1 Å². The number of guanidine groups is 1. The molecule has 0 atom stereocenters. The molecule has 4 nitrogen and oxygen atoms in total. The van der Waals surface area contributed by atoms with Gasteiger partial charge < -0.3 is 16.0 Å². The van der Waals surface area contributed by atoms with Gasteiger partial charge in [0.15, 0.2) is 5.96 Å². The zero-order valence-electron chi connectivity index (χ0n) is 14.3. The highest BCUT2D eigenvalue weighted by molar-refractivity contribution is 5.92. The van der Waals surface area contributed by atoms with Gasteiger partial charge in [0.2, 0.25) is 0 Å². The molecule has 2 rings (SSSR count). The van der Waals surface area contributed by atoms with E-state index in [0.717, 1.165) is 30.8 Å². The normalized spacial score (nSPS) is 11.8. The number of aryl methyl sites for hydroxylation is 1. The number of halogens is 1. The number of nitrogens with two attached hydrogens (primary N) is 1. The van der Waals surface area contributed by atoms with Crippen LogP contribution >= 0.6 is 0 Å². The summed E-state index contributed by atoms with van der Waals surface area (Å²) in [5.74, 6) is 0.204. The van der Waals surface area contributed by atoms with Crippen molar-refractivity contribution >= 4 is 11.6 Å². The van der Waals surface area contributed by atoms with Crippen molar-refractivity contribution in [3.05, 3.63) is 65.5 Å². The molecule has 24 heavy (non-hydrogen) atoms. The fourth-order valence-corrected chi connectivity index (χ4v) is 2.38. The summed E-state index contributed by atoms with van der Waals surface area (Å²) in [4.78, 5) is 6.48. The van der Waals surface area contributed by atoms with Crippen LogP contribution in [0.3, 0.4) is 0 Å². The molecule has 5 heteroatoms. The molecule has 2 aromatic carbocycles. The summed E-state index contributed by atoms with van der Waals surface area (Å²) < 4.78 is 12.9. The highest BCUT2D eigenvalue weighted by Crippen LogP contribution is 2.10. The molecule has 0 aliphatic rings. The van der Waals surface area contributed by atoms with Crippen LogP contribution in [0, 0.1) is 5.82 Å². The number of hydrogen-bond donors (Lipinski definition) is 2. The third-order valence-corrected chi connectivity index (χ3v) is 3.74. The van der Waals surface area contributed by atoms with Crippen molar-refractivity contribution in [1.29, 1.82) is 0 Å².